The number of carbonyl (C=O) groups excluding carboxylic acids is 1. The number of carbonyl (C=O) groups is 1. The summed E-state index contributed by atoms with van der Waals surface area (Å²) in [6.07, 6.45) is -0.867. The first-order valence-corrected chi connectivity index (χ1v) is 10.6. The second-order valence-corrected chi connectivity index (χ2v) is 8.61. The Bertz CT molecular complexity index is 931. The van der Waals surface area contributed by atoms with Crippen LogP contribution in [0.3, 0.4) is 0 Å². The monoisotopic (exact) mass is 424 g/mol. The van der Waals surface area contributed by atoms with Crippen LogP contribution in [-0.2, 0) is 14.8 Å². The third-order valence-electron chi connectivity index (χ3n) is 4.42. The molecule has 7 nitrogen and oxygen atoms in total. The summed E-state index contributed by atoms with van der Waals surface area (Å²) >= 11 is 6.10. The van der Waals surface area contributed by atoms with Gasteiger partial charge in [-0.05, 0) is 23.8 Å². The number of rotatable bonds is 6. The normalized spacial score (nSPS) is 16.5. The Labute approximate surface area is 168 Å². The van der Waals surface area contributed by atoms with E-state index in [2.05, 4.69) is 5.32 Å². The minimum atomic E-state index is -3.83. The Kier molecular flexibility index (Phi) is 6.69. The van der Waals surface area contributed by atoms with Gasteiger partial charge < -0.3 is 15.2 Å². The van der Waals surface area contributed by atoms with Crippen LogP contribution < -0.4 is 5.32 Å². The average Bonchev–Trinajstić information content (AvgIpc) is 2.73. The van der Waals surface area contributed by atoms with E-state index >= 15 is 0 Å². The van der Waals surface area contributed by atoms with Crippen molar-refractivity contribution >= 4 is 27.5 Å². The van der Waals surface area contributed by atoms with Crippen LogP contribution in [0.2, 0.25) is 5.02 Å². The molecule has 1 unspecified atom stereocenters. The lowest BCUT2D eigenvalue weighted by molar-refractivity contribution is 0.0730. The lowest BCUT2D eigenvalue weighted by atomic mass is 10.1. The highest BCUT2D eigenvalue weighted by atomic mass is 35.5. The number of aliphatic hydroxyl groups is 1. The maximum absolute atomic E-state index is 12.8. The zero-order chi connectivity index (χ0) is 20.1. The van der Waals surface area contributed by atoms with Gasteiger partial charge in [-0.3, -0.25) is 4.79 Å². The van der Waals surface area contributed by atoms with E-state index in [1.165, 1.54) is 22.5 Å². The molecule has 1 amide bonds. The molecule has 1 aliphatic rings. The standard InChI is InChI=1S/C19H21ClN2O5S/c20-16-7-6-15(12-18(16)28(25,26)22-8-10-27-11-9-22)19(24)21-13-17(23)14-4-2-1-3-5-14/h1-7,12,17,23H,8-11,13H2,(H,21,24). The molecule has 1 atom stereocenters. The highest BCUT2D eigenvalue weighted by Gasteiger charge is 2.29. The lowest BCUT2D eigenvalue weighted by Crippen LogP contribution is -2.40. The highest BCUT2D eigenvalue weighted by Crippen LogP contribution is 2.26. The van der Waals surface area contributed by atoms with Gasteiger partial charge in [-0.15, -0.1) is 0 Å². The van der Waals surface area contributed by atoms with Crippen molar-refractivity contribution in [2.45, 2.75) is 11.0 Å². The van der Waals surface area contributed by atoms with Crippen LogP contribution in [0, 0.1) is 0 Å². The highest BCUT2D eigenvalue weighted by molar-refractivity contribution is 7.89. The smallest absolute Gasteiger partial charge is 0.251 e. The van der Waals surface area contributed by atoms with Crippen molar-refractivity contribution in [3.05, 3.63) is 64.7 Å². The number of sulfonamides is 1. The molecule has 2 N–H and O–H groups in total. The van der Waals surface area contributed by atoms with E-state index in [4.69, 9.17) is 16.3 Å². The summed E-state index contributed by atoms with van der Waals surface area (Å²) < 4.78 is 32.2. The quantitative estimate of drug-likeness (QED) is 0.737. The molecular formula is C19H21ClN2O5S. The van der Waals surface area contributed by atoms with Crippen LogP contribution in [0.1, 0.15) is 22.0 Å². The summed E-state index contributed by atoms with van der Waals surface area (Å²) in [7, 11) is -3.83. The van der Waals surface area contributed by atoms with Gasteiger partial charge in [0.2, 0.25) is 10.0 Å². The SMILES string of the molecule is O=C(NCC(O)c1ccccc1)c1ccc(Cl)c(S(=O)(=O)N2CCOCC2)c1. The minimum absolute atomic E-state index is 0.00296. The number of aliphatic hydroxyl groups excluding tert-OH is 1. The predicted molar refractivity (Wildman–Crippen MR) is 105 cm³/mol. The van der Waals surface area contributed by atoms with E-state index in [0.29, 0.717) is 18.8 Å². The number of halogens is 1. The van der Waals surface area contributed by atoms with Crippen molar-refractivity contribution in [3.63, 3.8) is 0 Å². The summed E-state index contributed by atoms with van der Waals surface area (Å²) in [4.78, 5) is 12.3. The zero-order valence-electron chi connectivity index (χ0n) is 15.0. The first-order valence-electron chi connectivity index (χ1n) is 8.78. The number of nitrogens with zero attached hydrogens (tertiary/aromatic N) is 1. The maximum Gasteiger partial charge on any atom is 0.251 e. The molecule has 2 aromatic carbocycles. The maximum atomic E-state index is 12.8. The minimum Gasteiger partial charge on any atom is -0.387 e. The van der Waals surface area contributed by atoms with Gasteiger partial charge in [0.15, 0.2) is 0 Å². The molecule has 150 valence electrons. The van der Waals surface area contributed by atoms with Gasteiger partial charge in [-0.25, -0.2) is 8.42 Å². The number of hydrogen-bond donors (Lipinski definition) is 2. The molecular weight excluding hydrogens is 404 g/mol. The second kappa shape index (κ2) is 9.02. The Hall–Kier alpha value is -1.97. The Balaban J connectivity index is 1.74. The Morgan fingerprint density at radius 1 is 1.18 bits per heavy atom. The molecule has 9 heteroatoms. The summed E-state index contributed by atoms with van der Waals surface area (Å²) in [5, 5.41) is 12.8. The zero-order valence-corrected chi connectivity index (χ0v) is 16.6. The van der Waals surface area contributed by atoms with Crippen LogP contribution in [0.25, 0.3) is 0 Å². The molecule has 1 saturated heterocycles. The first-order chi connectivity index (χ1) is 13.4. The molecule has 1 heterocycles. The van der Waals surface area contributed by atoms with E-state index in [9.17, 15) is 18.3 Å². The van der Waals surface area contributed by atoms with Crippen molar-refractivity contribution in [2.75, 3.05) is 32.8 Å². The number of morpholine rings is 1. The van der Waals surface area contributed by atoms with Gasteiger partial charge in [0.1, 0.15) is 4.90 Å². The summed E-state index contributed by atoms with van der Waals surface area (Å²) in [6, 6.07) is 13.0. The van der Waals surface area contributed by atoms with E-state index in [-0.39, 0.29) is 35.1 Å². The first kappa shape index (κ1) is 20.8. The van der Waals surface area contributed by atoms with E-state index in [0.717, 1.165) is 0 Å². The topological polar surface area (TPSA) is 95.9 Å². The molecule has 0 spiro atoms. The number of amides is 1. The van der Waals surface area contributed by atoms with Gasteiger partial charge in [0.05, 0.1) is 24.3 Å². The summed E-state index contributed by atoms with van der Waals surface area (Å²) in [6.45, 7) is 1.09. The molecule has 0 bridgehead atoms. The van der Waals surface area contributed by atoms with Gasteiger partial charge >= 0.3 is 0 Å². The molecule has 0 saturated carbocycles. The molecule has 0 aliphatic carbocycles. The number of benzene rings is 2. The van der Waals surface area contributed by atoms with Gasteiger partial charge in [-0.2, -0.15) is 4.31 Å². The van der Waals surface area contributed by atoms with E-state index in [1.54, 1.807) is 24.3 Å². The van der Waals surface area contributed by atoms with Crippen LogP contribution in [0.4, 0.5) is 0 Å². The third kappa shape index (κ3) is 4.71. The molecule has 28 heavy (non-hydrogen) atoms. The molecule has 3 rings (SSSR count). The van der Waals surface area contributed by atoms with Crippen LogP contribution >= 0.6 is 11.6 Å². The molecule has 1 fully saturated rings. The van der Waals surface area contributed by atoms with Gasteiger partial charge in [-0.1, -0.05) is 41.9 Å². The van der Waals surface area contributed by atoms with Crippen molar-refractivity contribution < 1.29 is 23.1 Å². The van der Waals surface area contributed by atoms with Crippen molar-refractivity contribution in [1.29, 1.82) is 0 Å². The van der Waals surface area contributed by atoms with Crippen LogP contribution in [0.5, 0.6) is 0 Å². The van der Waals surface area contributed by atoms with E-state index < -0.39 is 22.0 Å². The van der Waals surface area contributed by atoms with E-state index in [1.807, 2.05) is 6.07 Å². The van der Waals surface area contributed by atoms with Crippen molar-refractivity contribution in [3.8, 4) is 0 Å². The summed E-state index contributed by atoms with van der Waals surface area (Å²) in [5.74, 6) is -0.495. The fraction of sp³-hybridized carbons (Fsp3) is 0.316. The molecule has 0 aromatic heterocycles. The van der Waals surface area contributed by atoms with Crippen LogP contribution in [0.15, 0.2) is 53.4 Å². The molecule has 2 aromatic rings. The van der Waals surface area contributed by atoms with Crippen molar-refractivity contribution in [1.82, 2.24) is 9.62 Å². The Morgan fingerprint density at radius 2 is 1.86 bits per heavy atom. The van der Waals surface area contributed by atoms with Crippen molar-refractivity contribution in [2.24, 2.45) is 0 Å². The third-order valence-corrected chi connectivity index (χ3v) is 6.80. The largest absolute Gasteiger partial charge is 0.387 e. The second-order valence-electron chi connectivity index (χ2n) is 6.30. The average molecular weight is 425 g/mol. The number of nitrogens with one attached hydrogen (secondary N) is 1. The van der Waals surface area contributed by atoms with Crippen LogP contribution in [-0.4, -0.2) is 56.6 Å². The number of hydrogen-bond acceptors (Lipinski definition) is 5. The Morgan fingerprint density at radius 3 is 2.54 bits per heavy atom. The molecule has 0 radical (unpaired) electrons. The predicted octanol–water partition coefficient (Wildman–Crippen LogP) is 1.82. The molecule has 1 aliphatic heterocycles. The summed E-state index contributed by atoms with van der Waals surface area (Å²) in [5.41, 5.74) is 0.825. The van der Waals surface area contributed by atoms with Gasteiger partial charge in [0, 0.05) is 25.2 Å². The fourth-order valence-electron chi connectivity index (χ4n) is 2.85. The number of ether oxygens (including phenoxy) is 1. The lowest BCUT2D eigenvalue weighted by Gasteiger charge is -2.26. The fourth-order valence-corrected chi connectivity index (χ4v) is 4.76. The van der Waals surface area contributed by atoms with Gasteiger partial charge in [0.25, 0.3) is 5.91 Å².